The highest BCUT2D eigenvalue weighted by Gasteiger charge is 2.14. The molecule has 122 valence electrons. The Labute approximate surface area is 134 Å². The number of fused-ring (bicyclic) bond motifs is 1. The normalized spacial score (nSPS) is 12.7. The van der Waals surface area contributed by atoms with Crippen LogP contribution in [0.1, 0.15) is 12.5 Å². The highest BCUT2D eigenvalue weighted by atomic mass is 16.7. The summed E-state index contributed by atoms with van der Waals surface area (Å²) in [4.78, 5) is 13.8. The van der Waals surface area contributed by atoms with Crippen molar-refractivity contribution in [2.45, 2.75) is 13.5 Å². The van der Waals surface area contributed by atoms with Crippen molar-refractivity contribution in [3.63, 3.8) is 0 Å². The predicted molar refractivity (Wildman–Crippen MR) is 82.4 cm³/mol. The first-order chi connectivity index (χ1) is 11.2. The number of carbonyl (C=O) groups is 1. The molecular formula is C16H19N3O4. The van der Waals surface area contributed by atoms with Gasteiger partial charge in [-0.25, -0.2) is 0 Å². The Morgan fingerprint density at radius 1 is 1.48 bits per heavy atom. The molecule has 23 heavy (non-hydrogen) atoms. The van der Waals surface area contributed by atoms with E-state index in [0.717, 1.165) is 5.56 Å². The number of carbonyl (C=O) groups excluding carboxylic acids is 1. The van der Waals surface area contributed by atoms with E-state index in [1.54, 1.807) is 17.0 Å². The van der Waals surface area contributed by atoms with Gasteiger partial charge in [-0.15, -0.1) is 0 Å². The van der Waals surface area contributed by atoms with E-state index in [9.17, 15) is 4.79 Å². The van der Waals surface area contributed by atoms with Crippen LogP contribution in [0.25, 0.3) is 0 Å². The lowest BCUT2D eigenvalue weighted by Gasteiger charge is -2.17. The number of likely N-dealkylation sites (N-methyl/N-ethyl adjacent to an activating group) is 1. The van der Waals surface area contributed by atoms with Crippen LogP contribution >= 0.6 is 0 Å². The number of nitriles is 1. The van der Waals surface area contributed by atoms with E-state index in [-0.39, 0.29) is 25.5 Å². The molecule has 1 aromatic rings. The van der Waals surface area contributed by atoms with Gasteiger partial charge in [-0.1, -0.05) is 6.07 Å². The molecule has 1 aliphatic heterocycles. The number of amides is 1. The third-order valence-corrected chi connectivity index (χ3v) is 3.36. The molecule has 0 bridgehead atoms. The van der Waals surface area contributed by atoms with Crippen LogP contribution in [0.2, 0.25) is 0 Å². The SMILES string of the molecule is CCN(/C=C(/C#N)C(=O)NCc1ccc2c(c1)OCO2)CCO. The van der Waals surface area contributed by atoms with E-state index in [0.29, 0.717) is 24.6 Å². The van der Waals surface area contributed by atoms with Crippen LogP contribution in [0.15, 0.2) is 30.0 Å². The summed E-state index contributed by atoms with van der Waals surface area (Å²) in [6, 6.07) is 7.29. The van der Waals surface area contributed by atoms with Crippen molar-refractivity contribution in [3.8, 4) is 17.6 Å². The first kappa shape index (κ1) is 16.6. The average Bonchev–Trinajstić information content (AvgIpc) is 3.04. The maximum absolute atomic E-state index is 12.1. The van der Waals surface area contributed by atoms with Gasteiger partial charge in [-0.3, -0.25) is 4.79 Å². The van der Waals surface area contributed by atoms with Gasteiger partial charge in [0.1, 0.15) is 11.6 Å². The lowest BCUT2D eigenvalue weighted by atomic mass is 10.2. The number of rotatable bonds is 7. The second kappa shape index (κ2) is 8.06. The van der Waals surface area contributed by atoms with Crippen LogP contribution in [0.5, 0.6) is 11.5 Å². The fourth-order valence-electron chi connectivity index (χ4n) is 2.09. The maximum atomic E-state index is 12.1. The highest BCUT2D eigenvalue weighted by molar-refractivity contribution is 5.97. The first-order valence-corrected chi connectivity index (χ1v) is 7.31. The zero-order valence-electron chi connectivity index (χ0n) is 12.9. The van der Waals surface area contributed by atoms with Crippen LogP contribution in [0.4, 0.5) is 0 Å². The van der Waals surface area contributed by atoms with Gasteiger partial charge in [0.2, 0.25) is 6.79 Å². The van der Waals surface area contributed by atoms with Crippen molar-refractivity contribution < 1.29 is 19.4 Å². The van der Waals surface area contributed by atoms with Crippen molar-refractivity contribution in [3.05, 3.63) is 35.5 Å². The molecule has 2 N–H and O–H groups in total. The second-order valence-electron chi connectivity index (χ2n) is 4.88. The third-order valence-electron chi connectivity index (χ3n) is 3.36. The Bertz CT molecular complexity index is 637. The third kappa shape index (κ3) is 4.37. The lowest BCUT2D eigenvalue weighted by molar-refractivity contribution is -0.117. The summed E-state index contributed by atoms with van der Waals surface area (Å²) in [6.45, 7) is 3.29. The van der Waals surface area contributed by atoms with Gasteiger partial charge >= 0.3 is 0 Å². The summed E-state index contributed by atoms with van der Waals surface area (Å²) < 4.78 is 10.5. The number of hydrogen-bond acceptors (Lipinski definition) is 6. The van der Waals surface area contributed by atoms with Gasteiger partial charge in [0, 0.05) is 25.8 Å². The summed E-state index contributed by atoms with van der Waals surface area (Å²) >= 11 is 0. The van der Waals surface area contributed by atoms with E-state index in [1.807, 2.05) is 19.1 Å². The molecular weight excluding hydrogens is 298 g/mol. The molecule has 0 aromatic heterocycles. The van der Waals surface area contributed by atoms with Crippen molar-refractivity contribution in [1.29, 1.82) is 5.26 Å². The molecule has 0 saturated carbocycles. The average molecular weight is 317 g/mol. The monoisotopic (exact) mass is 317 g/mol. The van der Waals surface area contributed by atoms with Gasteiger partial charge in [-0.05, 0) is 24.6 Å². The summed E-state index contributed by atoms with van der Waals surface area (Å²) in [5.41, 5.74) is 0.851. The van der Waals surface area contributed by atoms with E-state index >= 15 is 0 Å². The lowest BCUT2D eigenvalue weighted by Crippen LogP contribution is -2.27. The molecule has 1 heterocycles. The van der Waals surface area contributed by atoms with Crippen molar-refractivity contribution in [1.82, 2.24) is 10.2 Å². The van der Waals surface area contributed by atoms with E-state index in [1.165, 1.54) is 6.20 Å². The van der Waals surface area contributed by atoms with Crippen LogP contribution < -0.4 is 14.8 Å². The predicted octanol–water partition coefficient (Wildman–Crippen LogP) is 0.753. The number of aliphatic hydroxyl groups excluding tert-OH is 1. The fourth-order valence-corrected chi connectivity index (χ4v) is 2.09. The van der Waals surface area contributed by atoms with Crippen LogP contribution in [-0.2, 0) is 11.3 Å². The van der Waals surface area contributed by atoms with Gasteiger partial charge in [0.15, 0.2) is 11.5 Å². The number of benzene rings is 1. The number of nitrogens with one attached hydrogen (secondary N) is 1. The van der Waals surface area contributed by atoms with Crippen LogP contribution in [0, 0.1) is 11.3 Å². The van der Waals surface area contributed by atoms with Crippen molar-refractivity contribution in [2.75, 3.05) is 26.5 Å². The largest absolute Gasteiger partial charge is 0.454 e. The fraction of sp³-hybridized carbons (Fsp3) is 0.375. The minimum atomic E-state index is -0.457. The van der Waals surface area contributed by atoms with Crippen LogP contribution in [-0.4, -0.2) is 42.4 Å². The molecule has 2 rings (SSSR count). The zero-order valence-corrected chi connectivity index (χ0v) is 12.9. The molecule has 0 fully saturated rings. The molecule has 0 atom stereocenters. The molecule has 0 spiro atoms. The number of aliphatic hydroxyl groups is 1. The summed E-state index contributed by atoms with van der Waals surface area (Å²) in [5.74, 6) is 0.870. The minimum absolute atomic E-state index is 0.000966. The first-order valence-electron chi connectivity index (χ1n) is 7.31. The number of hydrogen-bond donors (Lipinski definition) is 2. The topological polar surface area (TPSA) is 94.8 Å². The highest BCUT2D eigenvalue weighted by Crippen LogP contribution is 2.32. The summed E-state index contributed by atoms with van der Waals surface area (Å²) in [7, 11) is 0. The van der Waals surface area contributed by atoms with Crippen molar-refractivity contribution >= 4 is 5.91 Å². The smallest absolute Gasteiger partial charge is 0.263 e. The Morgan fingerprint density at radius 2 is 2.26 bits per heavy atom. The Kier molecular flexibility index (Phi) is 5.83. The molecule has 1 amide bonds. The Balaban J connectivity index is 1.97. The second-order valence-corrected chi connectivity index (χ2v) is 4.88. The molecule has 0 unspecified atom stereocenters. The number of nitrogens with zero attached hydrogens (tertiary/aromatic N) is 2. The molecule has 1 aromatic carbocycles. The van der Waals surface area contributed by atoms with E-state index in [2.05, 4.69) is 5.32 Å². The Morgan fingerprint density at radius 3 is 2.96 bits per heavy atom. The minimum Gasteiger partial charge on any atom is -0.454 e. The molecule has 7 nitrogen and oxygen atoms in total. The molecule has 0 saturated heterocycles. The van der Waals surface area contributed by atoms with E-state index in [4.69, 9.17) is 19.8 Å². The molecule has 0 radical (unpaired) electrons. The van der Waals surface area contributed by atoms with Crippen molar-refractivity contribution in [2.24, 2.45) is 0 Å². The summed E-state index contributed by atoms with van der Waals surface area (Å²) in [6.07, 6.45) is 1.46. The van der Waals surface area contributed by atoms with Gasteiger partial charge in [-0.2, -0.15) is 5.26 Å². The van der Waals surface area contributed by atoms with Gasteiger partial charge in [0.25, 0.3) is 5.91 Å². The number of ether oxygens (including phenoxy) is 2. The molecule has 7 heteroatoms. The standard InChI is InChI=1S/C16H19N3O4/c1-2-19(5-6-20)10-13(8-17)16(21)18-9-12-3-4-14-15(7-12)23-11-22-14/h3-4,7,10,20H,2,5-6,9,11H2,1H3,(H,18,21)/b13-10-. The van der Waals surface area contributed by atoms with Crippen LogP contribution in [0.3, 0.4) is 0 Å². The molecule has 0 aliphatic carbocycles. The van der Waals surface area contributed by atoms with Gasteiger partial charge < -0.3 is 24.8 Å². The van der Waals surface area contributed by atoms with E-state index < -0.39 is 5.91 Å². The molecule has 1 aliphatic rings. The van der Waals surface area contributed by atoms with Gasteiger partial charge in [0.05, 0.1) is 6.61 Å². The summed E-state index contributed by atoms with van der Waals surface area (Å²) in [5, 5.41) is 20.8. The maximum Gasteiger partial charge on any atom is 0.263 e. The zero-order chi connectivity index (χ0) is 16.7. The quantitative estimate of drug-likeness (QED) is 0.569. The Hall–Kier alpha value is -2.72.